The summed E-state index contributed by atoms with van der Waals surface area (Å²) in [4.78, 5) is 10.8. The summed E-state index contributed by atoms with van der Waals surface area (Å²) in [6.45, 7) is 0. The Morgan fingerprint density at radius 2 is 1.89 bits per heavy atom. The highest BCUT2D eigenvalue weighted by atomic mass is 19.4. The van der Waals surface area contributed by atoms with Crippen LogP contribution < -0.4 is 4.74 Å². The second-order valence-electron chi connectivity index (χ2n) is 3.62. The van der Waals surface area contributed by atoms with Gasteiger partial charge in [-0.1, -0.05) is 6.07 Å². The van der Waals surface area contributed by atoms with E-state index in [1.54, 1.807) is 0 Å². The van der Waals surface area contributed by atoms with Crippen molar-refractivity contribution in [2.24, 2.45) is 20.7 Å². The molecule has 0 fully saturated rings. The molecule has 2 rings (SSSR count). The topological polar surface area (TPSA) is 75.7 Å². The normalized spacial score (nSPS) is 16.6. The molecule has 0 amide bonds. The Kier molecular flexibility index (Phi) is 3.05. The van der Waals surface area contributed by atoms with Crippen LogP contribution in [0.3, 0.4) is 0 Å². The fourth-order valence-corrected chi connectivity index (χ4v) is 1.63. The third-order valence-electron chi connectivity index (χ3n) is 2.57. The zero-order chi connectivity index (χ0) is 14.1. The first-order valence-electron chi connectivity index (χ1n) is 4.99. The van der Waals surface area contributed by atoms with Crippen molar-refractivity contribution in [1.29, 1.82) is 0 Å². The molecule has 0 radical (unpaired) electrons. The molecule has 0 atom stereocenters. The Labute approximate surface area is 105 Å². The fraction of sp³-hybridized carbons (Fsp3) is 0.300. The van der Waals surface area contributed by atoms with Crippen LogP contribution in [-0.2, 0) is 5.66 Å². The zero-order valence-electron chi connectivity index (χ0n) is 9.55. The van der Waals surface area contributed by atoms with E-state index in [4.69, 9.17) is 4.74 Å². The van der Waals surface area contributed by atoms with Gasteiger partial charge in [-0.2, -0.15) is 13.2 Å². The lowest BCUT2D eigenvalue weighted by atomic mass is 9.98. The average molecular weight is 272 g/mol. The number of hydrogen-bond donors (Lipinski definition) is 0. The van der Waals surface area contributed by atoms with Crippen molar-refractivity contribution in [2.45, 2.75) is 11.8 Å². The standard InChI is InChI=1S/C10H7F3N4O2/c1-19-8-3-2-7(4-6(8)5-18)9(10(11,12)13)14-16-17-15-9/h2-5H,1H3. The van der Waals surface area contributed by atoms with Crippen LogP contribution in [0.15, 0.2) is 38.9 Å². The predicted octanol–water partition coefficient (Wildman–Crippen LogP) is 3.06. The average Bonchev–Trinajstić information content (AvgIpc) is 2.88. The number of rotatable bonds is 3. The number of carbonyl (C=O) groups is 1. The lowest BCUT2D eigenvalue weighted by Gasteiger charge is -2.23. The van der Waals surface area contributed by atoms with Crippen LogP contribution in [0.4, 0.5) is 13.2 Å². The second kappa shape index (κ2) is 4.41. The highest BCUT2D eigenvalue weighted by Crippen LogP contribution is 2.46. The molecular weight excluding hydrogens is 265 g/mol. The summed E-state index contributed by atoms with van der Waals surface area (Å²) >= 11 is 0. The summed E-state index contributed by atoms with van der Waals surface area (Å²) in [5.74, 6) is 0.156. The molecular formula is C10H7F3N4O2. The van der Waals surface area contributed by atoms with Crippen LogP contribution in [0.5, 0.6) is 5.75 Å². The fourth-order valence-electron chi connectivity index (χ4n) is 1.63. The van der Waals surface area contributed by atoms with Gasteiger partial charge in [0.2, 0.25) is 0 Å². The van der Waals surface area contributed by atoms with Crippen LogP contribution in [-0.4, -0.2) is 19.6 Å². The molecule has 1 aliphatic rings. The number of benzene rings is 1. The summed E-state index contributed by atoms with van der Waals surface area (Å²) < 4.78 is 44.1. The number of aldehydes is 1. The molecule has 100 valence electrons. The van der Waals surface area contributed by atoms with E-state index in [9.17, 15) is 18.0 Å². The molecule has 0 aliphatic carbocycles. The first kappa shape index (κ1) is 13.1. The highest BCUT2D eigenvalue weighted by Gasteiger charge is 2.60. The van der Waals surface area contributed by atoms with E-state index in [-0.39, 0.29) is 16.9 Å². The van der Waals surface area contributed by atoms with Gasteiger partial charge in [-0.15, -0.1) is 10.2 Å². The van der Waals surface area contributed by atoms with Gasteiger partial charge in [-0.25, -0.2) is 0 Å². The number of carbonyl (C=O) groups excluding carboxylic acids is 1. The molecule has 1 aromatic rings. The van der Waals surface area contributed by atoms with E-state index in [1.165, 1.54) is 13.2 Å². The van der Waals surface area contributed by atoms with Crippen molar-refractivity contribution in [3.63, 3.8) is 0 Å². The van der Waals surface area contributed by atoms with Gasteiger partial charge in [0, 0.05) is 5.56 Å². The first-order valence-corrected chi connectivity index (χ1v) is 4.99. The Bertz CT molecular complexity index is 556. The molecule has 0 saturated carbocycles. The van der Waals surface area contributed by atoms with Crippen molar-refractivity contribution >= 4 is 6.29 Å². The lowest BCUT2D eigenvalue weighted by Crippen LogP contribution is -2.37. The molecule has 9 heteroatoms. The van der Waals surface area contributed by atoms with Gasteiger partial charge in [0.05, 0.1) is 12.7 Å². The molecule has 0 N–H and O–H groups in total. The smallest absolute Gasteiger partial charge is 0.442 e. The quantitative estimate of drug-likeness (QED) is 0.793. The number of alkyl halides is 3. The van der Waals surface area contributed by atoms with E-state index >= 15 is 0 Å². The van der Waals surface area contributed by atoms with Crippen LogP contribution in [0.2, 0.25) is 0 Å². The first-order chi connectivity index (χ1) is 8.94. The van der Waals surface area contributed by atoms with Gasteiger partial charge < -0.3 is 4.74 Å². The second-order valence-corrected chi connectivity index (χ2v) is 3.62. The van der Waals surface area contributed by atoms with Crippen LogP contribution >= 0.6 is 0 Å². The Balaban J connectivity index is 2.60. The van der Waals surface area contributed by atoms with Crippen LogP contribution in [0, 0.1) is 0 Å². The van der Waals surface area contributed by atoms with Crippen LogP contribution in [0.25, 0.3) is 0 Å². The molecule has 0 spiro atoms. The molecule has 1 aromatic carbocycles. The zero-order valence-corrected chi connectivity index (χ0v) is 9.55. The maximum absolute atomic E-state index is 13.1. The van der Waals surface area contributed by atoms with E-state index < -0.39 is 11.8 Å². The summed E-state index contributed by atoms with van der Waals surface area (Å²) in [5.41, 5.74) is -3.29. The number of ether oxygens (including phenoxy) is 1. The number of hydrogen-bond acceptors (Lipinski definition) is 6. The number of halogens is 3. The van der Waals surface area contributed by atoms with Crippen LogP contribution in [0.1, 0.15) is 15.9 Å². The molecule has 1 aliphatic heterocycles. The monoisotopic (exact) mass is 272 g/mol. The third-order valence-corrected chi connectivity index (χ3v) is 2.57. The van der Waals surface area contributed by atoms with Gasteiger partial charge in [0.1, 0.15) is 5.75 Å². The summed E-state index contributed by atoms with van der Waals surface area (Å²) in [6, 6.07) is 3.35. The van der Waals surface area contributed by atoms with Gasteiger partial charge >= 0.3 is 11.8 Å². The van der Waals surface area contributed by atoms with Crippen molar-refractivity contribution in [3.05, 3.63) is 29.3 Å². The molecule has 6 nitrogen and oxygen atoms in total. The van der Waals surface area contributed by atoms with Crippen molar-refractivity contribution < 1.29 is 22.7 Å². The minimum atomic E-state index is -4.81. The molecule has 0 unspecified atom stereocenters. The van der Waals surface area contributed by atoms with E-state index in [0.29, 0.717) is 6.29 Å². The molecule has 19 heavy (non-hydrogen) atoms. The molecule has 0 saturated heterocycles. The van der Waals surface area contributed by atoms with Gasteiger partial charge in [-0.05, 0) is 22.6 Å². The maximum Gasteiger partial charge on any atom is 0.442 e. The highest BCUT2D eigenvalue weighted by molar-refractivity contribution is 5.79. The third kappa shape index (κ3) is 1.96. The summed E-state index contributed by atoms with van der Waals surface area (Å²) in [5, 5.41) is 11.9. The van der Waals surface area contributed by atoms with Gasteiger partial charge in [0.25, 0.3) is 0 Å². The molecule has 0 bridgehead atoms. The number of nitrogens with zero attached hydrogens (tertiary/aromatic N) is 4. The maximum atomic E-state index is 13.1. The van der Waals surface area contributed by atoms with Gasteiger partial charge in [0.15, 0.2) is 6.29 Å². The Hall–Kier alpha value is -2.32. The van der Waals surface area contributed by atoms with Crippen molar-refractivity contribution in [3.8, 4) is 5.75 Å². The Morgan fingerprint density at radius 3 is 2.37 bits per heavy atom. The molecule has 0 aromatic heterocycles. The van der Waals surface area contributed by atoms with E-state index in [2.05, 4.69) is 20.7 Å². The minimum Gasteiger partial charge on any atom is -0.496 e. The summed E-state index contributed by atoms with van der Waals surface area (Å²) in [7, 11) is 1.30. The van der Waals surface area contributed by atoms with Crippen molar-refractivity contribution in [2.75, 3.05) is 7.11 Å². The van der Waals surface area contributed by atoms with Crippen molar-refractivity contribution in [1.82, 2.24) is 0 Å². The minimum absolute atomic E-state index is 0.0408. The van der Waals surface area contributed by atoms with E-state index in [0.717, 1.165) is 12.1 Å². The SMILES string of the molecule is COc1ccc(C2(C(F)(F)F)N=NN=N2)cc1C=O. The summed E-state index contributed by atoms with van der Waals surface area (Å²) in [6.07, 6.45) is -4.43. The van der Waals surface area contributed by atoms with E-state index in [1.807, 2.05) is 0 Å². The number of methoxy groups -OCH3 is 1. The Morgan fingerprint density at radius 1 is 1.26 bits per heavy atom. The molecule has 1 heterocycles. The van der Waals surface area contributed by atoms with Gasteiger partial charge in [-0.3, -0.25) is 4.79 Å². The predicted molar refractivity (Wildman–Crippen MR) is 55.8 cm³/mol. The lowest BCUT2D eigenvalue weighted by molar-refractivity contribution is -0.187. The largest absolute Gasteiger partial charge is 0.496 e.